The molecule has 0 radical (unpaired) electrons. The first-order valence-electron chi connectivity index (χ1n) is 18.2. The van der Waals surface area contributed by atoms with Crippen LogP contribution in [0.3, 0.4) is 0 Å². The van der Waals surface area contributed by atoms with Crippen LogP contribution in [0.1, 0.15) is 112 Å². The minimum Gasteiger partial charge on any atom is -0.467 e. The van der Waals surface area contributed by atoms with E-state index in [1.807, 2.05) is 0 Å². The molecule has 5 saturated carbocycles. The summed E-state index contributed by atoms with van der Waals surface area (Å²) in [6.45, 7) is 16.7. The number of rotatable bonds is 6. The van der Waals surface area contributed by atoms with E-state index >= 15 is 0 Å². The number of ether oxygens (including phenoxy) is 1. The molecule has 0 aromatic heterocycles. The highest BCUT2D eigenvalue weighted by Gasteiger charge is 2.72. The first-order chi connectivity index (χ1) is 21.6. The number of aliphatic hydroxyl groups excluding tert-OH is 2. The van der Waals surface area contributed by atoms with Gasteiger partial charge in [-0.15, -0.1) is 0 Å². The number of amides is 2. The summed E-state index contributed by atoms with van der Waals surface area (Å²) in [5, 5.41) is 24.8. The maximum atomic E-state index is 14.4. The molecule has 258 valence electrons. The van der Waals surface area contributed by atoms with Gasteiger partial charge >= 0.3 is 5.97 Å². The van der Waals surface area contributed by atoms with E-state index in [0.29, 0.717) is 30.7 Å². The Kier molecular flexibility index (Phi) is 8.56. The number of carbonyl (C=O) groups excluding carboxylic acids is 3. The zero-order valence-corrected chi connectivity index (χ0v) is 29.3. The number of hydrogen-bond donors (Lipinski definition) is 3. The lowest BCUT2D eigenvalue weighted by Crippen LogP contribution is -2.68. The van der Waals surface area contributed by atoms with E-state index in [4.69, 9.17) is 4.74 Å². The molecule has 6 aliphatic rings. The Morgan fingerprint density at radius 3 is 2.33 bits per heavy atom. The van der Waals surface area contributed by atoms with Crippen molar-refractivity contribution in [3.63, 3.8) is 0 Å². The topological polar surface area (TPSA) is 116 Å². The van der Waals surface area contributed by atoms with Gasteiger partial charge in [-0.2, -0.15) is 0 Å². The fourth-order valence-corrected chi connectivity index (χ4v) is 13.4. The molecule has 6 fully saturated rings. The number of methoxy groups -OCH3 is 1. The van der Waals surface area contributed by atoms with Crippen LogP contribution >= 0.6 is 0 Å². The SMILES string of the molecule is C=C(C)[C@@H]1CC[C@]2(C(=O)NCC(=O)N3CCCC3C(=O)OC)CC[C@]3(C)C(CCC4[C@@]5(C)CC[C@H](O)[C@@](C)(CO)C5CC[C@]43C)C12. The zero-order chi connectivity index (χ0) is 33.4. The summed E-state index contributed by atoms with van der Waals surface area (Å²) in [7, 11) is 1.35. The van der Waals surface area contributed by atoms with Crippen molar-refractivity contribution >= 4 is 17.8 Å². The Balaban J connectivity index is 1.27. The van der Waals surface area contributed by atoms with Crippen molar-refractivity contribution in [2.24, 2.45) is 56.7 Å². The van der Waals surface area contributed by atoms with Gasteiger partial charge in [-0.3, -0.25) is 9.59 Å². The summed E-state index contributed by atoms with van der Waals surface area (Å²) >= 11 is 0. The van der Waals surface area contributed by atoms with E-state index in [1.54, 1.807) is 4.90 Å². The highest BCUT2D eigenvalue weighted by molar-refractivity contribution is 5.91. The Morgan fingerprint density at radius 2 is 1.65 bits per heavy atom. The molecule has 0 aromatic carbocycles. The summed E-state index contributed by atoms with van der Waals surface area (Å²) in [6.07, 6.45) is 10.5. The van der Waals surface area contributed by atoms with Gasteiger partial charge in [0.15, 0.2) is 0 Å². The summed E-state index contributed by atoms with van der Waals surface area (Å²) in [5.74, 6) is 1.06. The molecule has 5 unspecified atom stereocenters. The normalized spacial score (nSPS) is 48.0. The first kappa shape index (κ1) is 34.0. The van der Waals surface area contributed by atoms with Crippen LogP contribution in [0.15, 0.2) is 12.2 Å². The molecule has 1 saturated heterocycles. The van der Waals surface area contributed by atoms with Crippen molar-refractivity contribution in [2.45, 2.75) is 124 Å². The van der Waals surface area contributed by atoms with Gasteiger partial charge in [0.25, 0.3) is 0 Å². The van der Waals surface area contributed by atoms with Gasteiger partial charge in [0.1, 0.15) is 6.04 Å². The Hall–Kier alpha value is -1.93. The Labute approximate surface area is 276 Å². The lowest BCUT2D eigenvalue weighted by molar-refractivity contribution is -0.252. The molecule has 6 rings (SSSR count). The van der Waals surface area contributed by atoms with Crippen LogP contribution in [0.4, 0.5) is 0 Å². The number of nitrogens with one attached hydrogen (secondary N) is 1. The lowest BCUT2D eigenvalue weighted by Gasteiger charge is -2.73. The van der Waals surface area contributed by atoms with Gasteiger partial charge < -0.3 is 25.2 Å². The van der Waals surface area contributed by atoms with Crippen LogP contribution in [0.25, 0.3) is 0 Å². The van der Waals surface area contributed by atoms with Crippen molar-refractivity contribution in [3.05, 3.63) is 12.2 Å². The van der Waals surface area contributed by atoms with Crippen molar-refractivity contribution in [3.8, 4) is 0 Å². The number of fused-ring (bicyclic) bond motifs is 7. The van der Waals surface area contributed by atoms with E-state index in [9.17, 15) is 24.6 Å². The number of aliphatic hydroxyl groups is 2. The molecular formula is C38H60N2O6. The average molecular weight is 641 g/mol. The molecule has 8 nitrogen and oxygen atoms in total. The fourth-order valence-electron chi connectivity index (χ4n) is 13.4. The number of esters is 1. The third kappa shape index (κ3) is 4.54. The lowest BCUT2D eigenvalue weighted by atomic mass is 9.32. The second kappa shape index (κ2) is 11.6. The van der Waals surface area contributed by atoms with Gasteiger partial charge in [0, 0.05) is 12.0 Å². The van der Waals surface area contributed by atoms with Crippen molar-refractivity contribution in [1.29, 1.82) is 0 Å². The molecular weight excluding hydrogens is 580 g/mol. The predicted octanol–water partition coefficient (Wildman–Crippen LogP) is 5.26. The smallest absolute Gasteiger partial charge is 0.328 e. The van der Waals surface area contributed by atoms with Crippen LogP contribution in [-0.2, 0) is 19.1 Å². The van der Waals surface area contributed by atoms with Crippen LogP contribution in [-0.4, -0.2) is 71.8 Å². The number of hydrogen-bond acceptors (Lipinski definition) is 6. The van der Waals surface area contributed by atoms with Gasteiger partial charge in [0.2, 0.25) is 11.8 Å². The van der Waals surface area contributed by atoms with E-state index in [-0.39, 0.29) is 59.0 Å². The zero-order valence-electron chi connectivity index (χ0n) is 29.3. The number of carbonyl (C=O) groups is 3. The number of likely N-dealkylation sites (tertiary alicyclic amines) is 1. The third-order valence-corrected chi connectivity index (χ3v) is 16.1. The molecule has 2 amide bonds. The standard InChI is InChI=1S/C38H60N2O6/c1-23(2)24-12-17-38(33(45)39-21-30(43)40-20-8-9-26(40)32(44)46-7)19-18-36(5)25(31(24)38)10-11-28-34(3)15-14-29(42)35(4,22-41)27(34)13-16-37(28,36)6/h24-29,31,41-42H,1,8-22H2,2-7H3,(H,39,45)/t24-,25?,26?,27?,28?,29-,31?,34-,35-,36+,37+,38-/m0/s1. The average Bonchev–Trinajstić information content (AvgIpc) is 3.68. The maximum Gasteiger partial charge on any atom is 0.328 e. The Bertz CT molecular complexity index is 1270. The second-order valence-corrected chi connectivity index (χ2v) is 17.5. The van der Waals surface area contributed by atoms with Crippen LogP contribution in [0.5, 0.6) is 0 Å². The molecule has 3 N–H and O–H groups in total. The fraction of sp³-hybridized carbons (Fsp3) is 0.868. The number of nitrogens with zero attached hydrogens (tertiary/aromatic N) is 1. The van der Waals surface area contributed by atoms with Crippen LogP contribution < -0.4 is 5.32 Å². The van der Waals surface area contributed by atoms with Gasteiger partial charge in [-0.05, 0) is 130 Å². The molecule has 46 heavy (non-hydrogen) atoms. The highest BCUT2D eigenvalue weighted by atomic mass is 16.5. The second-order valence-electron chi connectivity index (χ2n) is 17.5. The van der Waals surface area contributed by atoms with Gasteiger partial charge in [0.05, 0.1) is 31.8 Å². The van der Waals surface area contributed by atoms with Crippen molar-refractivity contribution in [1.82, 2.24) is 10.2 Å². The van der Waals surface area contributed by atoms with Gasteiger partial charge in [-0.25, -0.2) is 4.79 Å². The maximum absolute atomic E-state index is 14.4. The molecule has 1 heterocycles. The summed E-state index contributed by atoms with van der Waals surface area (Å²) in [5.41, 5.74) is 0.396. The molecule has 5 aliphatic carbocycles. The van der Waals surface area contributed by atoms with E-state index in [2.05, 4.69) is 46.5 Å². The molecule has 0 bridgehead atoms. The monoisotopic (exact) mass is 640 g/mol. The minimum atomic E-state index is -0.564. The largest absolute Gasteiger partial charge is 0.467 e. The minimum absolute atomic E-state index is 0.00777. The molecule has 0 aromatic rings. The van der Waals surface area contributed by atoms with Crippen LogP contribution in [0.2, 0.25) is 0 Å². The summed E-state index contributed by atoms with van der Waals surface area (Å²) < 4.78 is 4.94. The van der Waals surface area contributed by atoms with Crippen LogP contribution in [0, 0.1) is 56.7 Å². The van der Waals surface area contributed by atoms with Crippen molar-refractivity contribution in [2.75, 3.05) is 26.8 Å². The quantitative estimate of drug-likeness (QED) is 0.270. The molecule has 1 aliphatic heterocycles. The van der Waals surface area contributed by atoms with E-state index in [0.717, 1.165) is 70.6 Å². The van der Waals surface area contributed by atoms with E-state index in [1.165, 1.54) is 12.7 Å². The molecule has 0 spiro atoms. The third-order valence-electron chi connectivity index (χ3n) is 16.1. The molecule has 8 heteroatoms. The number of allylic oxidation sites excluding steroid dienone is 1. The molecule has 12 atom stereocenters. The highest BCUT2D eigenvalue weighted by Crippen LogP contribution is 2.77. The van der Waals surface area contributed by atoms with Gasteiger partial charge in [-0.1, -0.05) is 39.8 Å². The summed E-state index contributed by atoms with van der Waals surface area (Å²) in [6, 6.07) is -0.564. The summed E-state index contributed by atoms with van der Waals surface area (Å²) in [4.78, 5) is 41.6. The Morgan fingerprint density at radius 1 is 0.913 bits per heavy atom. The van der Waals surface area contributed by atoms with Crippen molar-refractivity contribution < 1.29 is 29.3 Å². The van der Waals surface area contributed by atoms with E-state index < -0.39 is 23.0 Å². The first-order valence-corrected chi connectivity index (χ1v) is 18.2. The predicted molar refractivity (Wildman–Crippen MR) is 176 cm³/mol.